The van der Waals surface area contributed by atoms with Crippen molar-refractivity contribution in [1.29, 1.82) is 0 Å². The van der Waals surface area contributed by atoms with Crippen molar-refractivity contribution in [3.05, 3.63) is 76.6 Å². The zero-order chi connectivity index (χ0) is 51.2. The van der Waals surface area contributed by atoms with Crippen LogP contribution >= 0.6 is 0 Å². The molecule has 0 aromatic heterocycles. The van der Waals surface area contributed by atoms with Gasteiger partial charge >= 0.3 is 15.3 Å². The first-order valence-electron chi connectivity index (χ1n) is 23.4. The minimum atomic E-state index is -3.79. The Balaban J connectivity index is 0.000000312. The largest absolute Gasteiger partial charge is 1.15 e. The average molecular weight is 995 g/mol. The molecule has 1 fully saturated rings. The summed E-state index contributed by atoms with van der Waals surface area (Å²) in [5, 5.41) is 10.5. The molecule has 3 atom stereocenters. The lowest BCUT2D eigenvalue weighted by atomic mass is 10.0. The molecule has 3 aliphatic heterocycles. The predicted molar refractivity (Wildman–Crippen MR) is 258 cm³/mol. The Morgan fingerprint density at radius 3 is 2.13 bits per heavy atom. The SMILES string of the molecule is CCC(C)CC(=O)NC1CCc2cccc3c2N(C1=O)C(C(=O)NC/C(=C/N)NN)C3.CCN1CCN(CC(=O)[O][Al]([F])[O]C=O)CCN(Cc2ccc(CC(=O)NCC(=O)NCC(N)=O)cc2)CC1. The molecule has 11 N–H and O–H groups in total. The molecule has 3 aliphatic rings. The summed E-state index contributed by atoms with van der Waals surface area (Å²) in [6, 6.07) is 12.1. The van der Waals surface area contributed by atoms with Crippen molar-refractivity contribution < 1.29 is 49.5 Å². The standard InChI is InChI=1S/C23H36N6O5.C22H32N6O3.CH2O2.Al.FH/c1-2-27-7-9-28(11-12-29(10-8-27)17-23(33)34)16-19-5-3-18(4-6-19)13-21(31)26-15-22(32)25-14-20(24)30;1-3-13(2)9-19(29)26-17-8-7-14-5-4-6-15-10-18(28(20(14)15)22(17)31)21(30)25-12-16(11-23)27-24;2-1-3;;/h3-6H,2,7-17H2,1H3,(H2,24,30)(H,25,32)(H,26,31)(H,33,34);4-6,11,13,17-18,27H,3,7-10,12,23-24H2,1-2H3,(H,25,30)(H,26,29);1H,(H,2,3);;1H/q;;;+3;/p-3/b;16-11-;;;. The molecule has 0 aliphatic carbocycles. The number of anilines is 1. The molecule has 3 unspecified atom stereocenters. The number of hydrogen-bond donors (Lipinski definition) is 8. The van der Waals surface area contributed by atoms with Crippen molar-refractivity contribution in [2.45, 2.75) is 77.9 Å². The van der Waals surface area contributed by atoms with Crippen LogP contribution in [0.4, 0.5) is 9.21 Å². The third-order valence-electron chi connectivity index (χ3n) is 12.2. The fraction of sp³-hybridized carbons (Fsp3) is 0.522. The first-order valence-corrected chi connectivity index (χ1v) is 24.8. The van der Waals surface area contributed by atoms with E-state index in [4.69, 9.17) is 17.3 Å². The number of aryl methyl sites for hydroxylation is 1. The normalized spacial score (nSPS) is 17.9. The molecule has 2 aromatic rings. The lowest BCUT2D eigenvalue weighted by Crippen LogP contribution is -2.54. The highest BCUT2D eigenvalue weighted by molar-refractivity contribution is 6.40. The number of carbonyl (C=O) groups is 8. The zero-order valence-corrected chi connectivity index (χ0v) is 41.4. The third-order valence-corrected chi connectivity index (χ3v) is 13.0. The highest BCUT2D eigenvalue weighted by atomic mass is 27.3. The second kappa shape index (κ2) is 29.1. The lowest BCUT2D eigenvalue weighted by Gasteiger charge is -2.28. The van der Waals surface area contributed by atoms with Crippen LogP contribution in [-0.4, -0.2) is 162 Å². The van der Waals surface area contributed by atoms with Crippen LogP contribution in [0.1, 0.15) is 62.3 Å². The van der Waals surface area contributed by atoms with Crippen LogP contribution in [0.3, 0.4) is 0 Å². The maximum Gasteiger partial charge on any atom is 1.15 e. The predicted octanol–water partition coefficient (Wildman–Crippen LogP) is -1.75. The molecule has 24 heteroatoms. The zero-order valence-electron chi connectivity index (χ0n) is 40.2. The molecule has 70 heavy (non-hydrogen) atoms. The number of benzene rings is 2. The lowest BCUT2D eigenvalue weighted by molar-refractivity contribution is -0.139. The Bertz CT molecular complexity index is 2150. The number of amides is 6. The number of para-hydroxylation sites is 1. The van der Waals surface area contributed by atoms with E-state index in [2.05, 4.69) is 51.0 Å². The quantitative estimate of drug-likeness (QED) is 0.0281. The van der Waals surface area contributed by atoms with Crippen molar-refractivity contribution in [2.75, 3.05) is 76.9 Å². The molecule has 0 radical (unpaired) electrons. The summed E-state index contributed by atoms with van der Waals surface area (Å²) in [6.07, 6.45) is 4.24. The van der Waals surface area contributed by atoms with Crippen molar-refractivity contribution in [2.24, 2.45) is 23.2 Å². The van der Waals surface area contributed by atoms with Gasteiger partial charge in [0.25, 0.3) is 12.4 Å². The van der Waals surface area contributed by atoms with Gasteiger partial charge in [-0.2, -0.15) is 0 Å². The molecule has 22 nitrogen and oxygen atoms in total. The van der Waals surface area contributed by atoms with E-state index < -0.39 is 45.1 Å². The summed E-state index contributed by atoms with van der Waals surface area (Å²) in [4.78, 5) is 104. The molecular formula is C46H68AlFN12O10. The number of nitrogens with two attached hydrogens (primary N) is 3. The third kappa shape index (κ3) is 18.3. The summed E-state index contributed by atoms with van der Waals surface area (Å²) < 4.78 is 22.1. The smallest absolute Gasteiger partial charge is 0.561 e. The molecular weight excluding hydrogens is 927 g/mol. The molecule has 0 bridgehead atoms. The summed E-state index contributed by atoms with van der Waals surface area (Å²) >= 11 is -3.79. The van der Waals surface area contributed by atoms with E-state index in [1.807, 2.05) is 61.2 Å². The van der Waals surface area contributed by atoms with Crippen molar-refractivity contribution in [3.63, 3.8) is 0 Å². The number of halogens is 1. The van der Waals surface area contributed by atoms with E-state index in [9.17, 15) is 41.9 Å². The van der Waals surface area contributed by atoms with E-state index in [0.29, 0.717) is 57.6 Å². The van der Waals surface area contributed by atoms with Gasteiger partial charge in [0.05, 0.1) is 44.0 Å². The average Bonchev–Trinajstić information content (AvgIpc) is 3.71. The number of nitrogens with one attached hydrogen (secondary N) is 5. The Labute approximate surface area is 413 Å². The van der Waals surface area contributed by atoms with E-state index in [1.54, 1.807) is 4.90 Å². The van der Waals surface area contributed by atoms with E-state index in [1.165, 1.54) is 6.20 Å². The summed E-state index contributed by atoms with van der Waals surface area (Å²) in [5.41, 5.74) is 17.9. The van der Waals surface area contributed by atoms with Crippen LogP contribution in [0, 0.1) is 5.92 Å². The Hall–Kier alpha value is -6.16. The molecule has 382 valence electrons. The maximum atomic E-state index is 13.5. The molecule has 0 saturated carbocycles. The van der Waals surface area contributed by atoms with Gasteiger partial charge in [-0.25, -0.2) is 0 Å². The summed E-state index contributed by atoms with van der Waals surface area (Å²) in [7, 11) is 0. The fourth-order valence-corrected chi connectivity index (χ4v) is 8.48. The Morgan fingerprint density at radius 2 is 1.50 bits per heavy atom. The number of rotatable bonds is 22. The second-order valence-corrected chi connectivity index (χ2v) is 18.3. The van der Waals surface area contributed by atoms with Gasteiger partial charge < -0.3 is 54.2 Å². The molecule has 1 saturated heterocycles. The van der Waals surface area contributed by atoms with E-state index in [-0.39, 0.29) is 68.6 Å². The second-order valence-electron chi connectivity index (χ2n) is 17.3. The molecule has 3 heterocycles. The number of carbonyl (C=O) groups excluding carboxylic acids is 8. The number of hydrogen-bond acceptors (Lipinski definition) is 16. The van der Waals surface area contributed by atoms with Crippen molar-refractivity contribution in [1.82, 2.24) is 41.4 Å². The fourth-order valence-electron chi connectivity index (χ4n) is 8.05. The van der Waals surface area contributed by atoms with Crippen LogP contribution in [0.2, 0.25) is 0 Å². The van der Waals surface area contributed by atoms with E-state index in [0.717, 1.165) is 60.5 Å². The van der Waals surface area contributed by atoms with Gasteiger partial charge in [-0.3, -0.25) is 58.9 Å². The van der Waals surface area contributed by atoms with Gasteiger partial charge in [0, 0.05) is 64.9 Å². The van der Waals surface area contributed by atoms with Gasteiger partial charge in [0.2, 0.25) is 35.4 Å². The number of nitrogens with zero attached hydrogens (tertiary/aromatic N) is 4. The van der Waals surface area contributed by atoms with Gasteiger partial charge in [-0.15, -0.1) is 0 Å². The van der Waals surface area contributed by atoms with Crippen LogP contribution in [0.5, 0.6) is 0 Å². The monoisotopic (exact) mass is 994 g/mol. The van der Waals surface area contributed by atoms with Gasteiger partial charge in [-0.05, 0) is 47.6 Å². The molecule has 0 spiro atoms. The molecule has 2 aromatic carbocycles. The van der Waals surface area contributed by atoms with Crippen LogP contribution in [-0.2, 0) is 71.7 Å². The van der Waals surface area contributed by atoms with Crippen LogP contribution in [0.25, 0.3) is 0 Å². The Kier molecular flexibility index (Phi) is 23.5. The number of hydrazine groups is 1. The summed E-state index contributed by atoms with van der Waals surface area (Å²) in [5.74, 6) is 2.70. The Morgan fingerprint density at radius 1 is 0.857 bits per heavy atom. The van der Waals surface area contributed by atoms with E-state index >= 15 is 0 Å². The van der Waals surface area contributed by atoms with Gasteiger partial charge in [0.15, 0.2) is 0 Å². The molecule has 5 rings (SSSR count). The number of likely N-dealkylation sites (N-methyl/N-ethyl adjacent to an activating group) is 1. The first-order chi connectivity index (χ1) is 33.6. The minimum absolute atomic E-state index is 0.0559. The topological polar surface area (TPSA) is 306 Å². The highest BCUT2D eigenvalue weighted by Crippen LogP contribution is 2.39. The van der Waals surface area contributed by atoms with Crippen LogP contribution < -0.4 is 48.9 Å². The minimum Gasteiger partial charge on any atom is -0.561 e. The maximum absolute atomic E-state index is 13.5. The van der Waals surface area contributed by atoms with Crippen LogP contribution in [0.15, 0.2) is 54.4 Å². The molecule has 6 amide bonds. The van der Waals surface area contributed by atoms with Crippen molar-refractivity contribution >= 4 is 68.8 Å². The summed E-state index contributed by atoms with van der Waals surface area (Å²) in [6.45, 7) is 11.4. The van der Waals surface area contributed by atoms with Gasteiger partial charge in [-0.1, -0.05) is 69.7 Å². The van der Waals surface area contributed by atoms with Gasteiger partial charge in [0.1, 0.15) is 12.1 Å². The number of primary amides is 1. The first kappa shape index (κ1) is 56.4. The highest BCUT2D eigenvalue weighted by Gasteiger charge is 2.44. The van der Waals surface area contributed by atoms with Crippen molar-refractivity contribution in [3.8, 4) is 0 Å².